The standard InChI is InChI=1S/C11H13NO5S/c1-18(15,16)12-8-4-2-3-7-5-6-9(11(13)14)17-10(7)8/h2-4,9,12H,5-6H2,1H3,(H,13,14). The topological polar surface area (TPSA) is 92.7 Å². The van der Waals surface area contributed by atoms with Crippen LogP contribution in [0.1, 0.15) is 12.0 Å². The fourth-order valence-electron chi connectivity index (χ4n) is 1.86. The smallest absolute Gasteiger partial charge is 0.344 e. The molecule has 1 aliphatic heterocycles. The summed E-state index contributed by atoms with van der Waals surface area (Å²) in [5.74, 6) is -0.739. The largest absolute Gasteiger partial charge is 0.479 e. The minimum absolute atomic E-state index is 0.279. The number of hydrogen-bond donors (Lipinski definition) is 2. The first-order valence-corrected chi connectivity index (χ1v) is 7.25. The second kappa shape index (κ2) is 4.49. The van der Waals surface area contributed by atoms with Crippen LogP contribution in [0.15, 0.2) is 18.2 Å². The van der Waals surface area contributed by atoms with Crippen LogP contribution in [0.2, 0.25) is 0 Å². The van der Waals surface area contributed by atoms with Crippen LogP contribution < -0.4 is 9.46 Å². The molecule has 0 amide bonds. The Kier molecular flexibility index (Phi) is 3.16. The molecule has 0 saturated carbocycles. The number of carboxylic acids is 1. The molecular weight excluding hydrogens is 258 g/mol. The molecule has 1 aromatic rings. The number of anilines is 1. The maximum Gasteiger partial charge on any atom is 0.344 e. The summed E-state index contributed by atoms with van der Waals surface area (Å²) in [4.78, 5) is 10.9. The predicted molar refractivity (Wildman–Crippen MR) is 65.3 cm³/mol. The molecule has 0 aliphatic carbocycles. The first-order chi connectivity index (χ1) is 8.37. The van der Waals surface area contributed by atoms with Gasteiger partial charge in [0.1, 0.15) is 5.75 Å². The fourth-order valence-corrected chi connectivity index (χ4v) is 2.42. The molecular formula is C11H13NO5S. The quantitative estimate of drug-likeness (QED) is 0.849. The number of hydrogen-bond acceptors (Lipinski definition) is 4. The molecule has 18 heavy (non-hydrogen) atoms. The Morgan fingerprint density at radius 2 is 2.22 bits per heavy atom. The summed E-state index contributed by atoms with van der Waals surface area (Å²) in [6, 6.07) is 5.04. The molecule has 6 nitrogen and oxygen atoms in total. The molecule has 1 unspecified atom stereocenters. The number of carbonyl (C=O) groups is 1. The van der Waals surface area contributed by atoms with Crippen molar-refractivity contribution in [2.24, 2.45) is 0 Å². The third-order valence-corrected chi connectivity index (χ3v) is 3.19. The van der Waals surface area contributed by atoms with Crippen molar-refractivity contribution >= 4 is 21.7 Å². The van der Waals surface area contributed by atoms with Crippen molar-refractivity contribution in [1.82, 2.24) is 0 Å². The number of aryl methyl sites for hydroxylation is 1. The summed E-state index contributed by atoms with van der Waals surface area (Å²) in [5.41, 5.74) is 1.09. The SMILES string of the molecule is CS(=O)(=O)Nc1cccc2c1OC(C(=O)O)CC2. The molecule has 0 spiro atoms. The number of fused-ring (bicyclic) bond motifs is 1. The molecule has 2 rings (SSSR count). The van der Waals surface area contributed by atoms with Gasteiger partial charge >= 0.3 is 5.97 Å². The van der Waals surface area contributed by atoms with Crippen molar-refractivity contribution < 1.29 is 23.1 Å². The lowest BCUT2D eigenvalue weighted by Gasteiger charge is -2.25. The van der Waals surface area contributed by atoms with Crippen LogP contribution in [-0.2, 0) is 21.2 Å². The van der Waals surface area contributed by atoms with Gasteiger partial charge in [-0.1, -0.05) is 12.1 Å². The van der Waals surface area contributed by atoms with Crippen molar-refractivity contribution in [2.45, 2.75) is 18.9 Å². The van der Waals surface area contributed by atoms with Crippen LogP contribution in [0.5, 0.6) is 5.75 Å². The van der Waals surface area contributed by atoms with Gasteiger partial charge in [0, 0.05) is 0 Å². The van der Waals surface area contributed by atoms with E-state index in [-0.39, 0.29) is 5.69 Å². The average molecular weight is 271 g/mol. The lowest BCUT2D eigenvalue weighted by Crippen LogP contribution is -2.31. The normalized spacial score (nSPS) is 18.6. The molecule has 1 atom stereocenters. The maximum atomic E-state index is 11.2. The van der Waals surface area contributed by atoms with Gasteiger partial charge in [-0.25, -0.2) is 13.2 Å². The number of rotatable bonds is 3. The predicted octanol–water partition coefficient (Wildman–Crippen LogP) is 0.836. The molecule has 1 heterocycles. The summed E-state index contributed by atoms with van der Waals surface area (Å²) in [7, 11) is -3.43. The Morgan fingerprint density at radius 1 is 1.50 bits per heavy atom. The van der Waals surface area contributed by atoms with Gasteiger partial charge in [-0.05, 0) is 24.5 Å². The number of nitrogens with one attached hydrogen (secondary N) is 1. The lowest BCUT2D eigenvalue weighted by molar-refractivity contribution is -0.145. The number of para-hydroxylation sites is 1. The molecule has 0 aromatic heterocycles. The molecule has 1 aromatic carbocycles. The number of carboxylic acid groups (broad SMARTS) is 1. The molecule has 0 radical (unpaired) electrons. The molecule has 0 saturated heterocycles. The van der Waals surface area contributed by atoms with E-state index in [1.54, 1.807) is 18.2 Å². The maximum absolute atomic E-state index is 11.2. The van der Waals surface area contributed by atoms with E-state index in [2.05, 4.69) is 4.72 Å². The van der Waals surface area contributed by atoms with Gasteiger partial charge in [0.25, 0.3) is 0 Å². The summed E-state index contributed by atoms with van der Waals surface area (Å²) in [6.45, 7) is 0. The Labute approximate surface area is 105 Å². The van der Waals surface area contributed by atoms with Crippen LogP contribution in [0.3, 0.4) is 0 Å². The number of aliphatic carboxylic acids is 1. The van der Waals surface area contributed by atoms with Gasteiger partial charge in [-0.15, -0.1) is 0 Å². The second-order valence-electron chi connectivity index (χ2n) is 4.15. The van der Waals surface area contributed by atoms with Crippen LogP contribution in [0.25, 0.3) is 0 Å². The zero-order chi connectivity index (χ0) is 13.3. The molecule has 7 heteroatoms. The zero-order valence-corrected chi connectivity index (χ0v) is 10.5. The van der Waals surface area contributed by atoms with Gasteiger partial charge in [0.15, 0.2) is 6.10 Å². The number of sulfonamides is 1. The van der Waals surface area contributed by atoms with Crippen molar-refractivity contribution in [1.29, 1.82) is 0 Å². The Balaban J connectivity index is 2.37. The summed E-state index contributed by atoms with van der Waals surface area (Å²) in [6.07, 6.45) is 1.03. The summed E-state index contributed by atoms with van der Waals surface area (Å²) in [5, 5.41) is 8.92. The molecule has 0 bridgehead atoms. The van der Waals surface area contributed by atoms with E-state index in [0.717, 1.165) is 11.8 Å². The summed E-state index contributed by atoms with van der Waals surface area (Å²) < 4.78 is 30.1. The van der Waals surface area contributed by atoms with Gasteiger partial charge in [0.05, 0.1) is 11.9 Å². The number of ether oxygens (including phenoxy) is 1. The van der Waals surface area contributed by atoms with E-state index in [9.17, 15) is 13.2 Å². The highest BCUT2D eigenvalue weighted by Gasteiger charge is 2.27. The zero-order valence-electron chi connectivity index (χ0n) is 9.71. The lowest BCUT2D eigenvalue weighted by atomic mass is 10.0. The van der Waals surface area contributed by atoms with E-state index in [1.807, 2.05) is 0 Å². The Morgan fingerprint density at radius 3 is 2.83 bits per heavy atom. The second-order valence-corrected chi connectivity index (χ2v) is 5.90. The molecule has 1 aliphatic rings. The molecule has 0 fully saturated rings. The van der Waals surface area contributed by atoms with E-state index < -0.39 is 22.1 Å². The van der Waals surface area contributed by atoms with E-state index in [0.29, 0.717) is 18.6 Å². The minimum Gasteiger partial charge on any atom is -0.479 e. The van der Waals surface area contributed by atoms with Crippen molar-refractivity contribution in [3.63, 3.8) is 0 Å². The average Bonchev–Trinajstić information content (AvgIpc) is 2.26. The van der Waals surface area contributed by atoms with Gasteiger partial charge < -0.3 is 9.84 Å². The summed E-state index contributed by atoms with van der Waals surface area (Å²) >= 11 is 0. The monoisotopic (exact) mass is 271 g/mol. The van der Waals surface area contributed by atoms with Crippen LogP contribution in [0, 0.1) is 0 Å². The molecule has 98 valence electrons. The van der Waals surface area contributed by atoms with E-state index >= 15 is 0 Å². The third-order valence-electron chi connectivity index (χ3n) is 2.60. The van der Waals surface area contributed by atoms with Gasteiger partial charge in [0.2, 0.25) is 10.0 Å². The third kappa shape index (κ3) is 2.73. The van der Waals surface area contributed by atoms with Crippen molar-refractivity contribution in [3.05, 3.63) is 23.8 Å². The molecule has 2 N–H and O–H groups in total. The fraction of sp³-hybridized carbons (Fsp3) is 0.364. The highest BCUT2D eigenvalue weighted by Crippen LogP contribution is 2.35. The van der Waals surface area contributed by atoms with Crippen molar-refractivity contribution in [3.8, 4) is 5.75 Å². The van der Waals surface area contributed by atoms with Crippen molar-refractivity contribution in [2.75, 3.05) is 11.0 Å². The minimum atomic E-state index is -3.43. The van der Waals surface area contributed by atoms with Gasteiger partial charge in [-0.2, -0.15) is 0 Å². The highest BCUT2D eigenvalue weighted by atomic mass is 32.2. The number of benzene rings is 1. The Hall–Kier alpha value is -1.76. The van der Waals surface area contributed by atoms with E-state index in [1.165, 1.54) is 0 Å². The van der Waals surface area contributed by atoms with Crippen LogP contribution >= 0.6 is 0 Å². The van der Waals surface area contributed by atoms with Crippen LogP contribution in [0.4, 0.5) is 5.69 Å². The van der Waals surface area contributed by atoms with Crippen LogP contribution in [-0.4, -0.2) is 31.9 Å². The Bertz CT molecular complexity index is 581. The highest BCUT2D eigenvalue weighted by molar-refractivity contribution is 7.92. The van der Waals surface area contributed by atoms with Gasteiger partial charge in [-0.3, -0.25) is 4.72 Å². The first kappa shape index (κ1) is 12.7. The van der Waals surface area contributed by atoms with E-state index in [4.69, 9.17) is 9.84 Å². The first-order valence-electron chi connectivity index (χ1n) is 5.36.